The number of amides is 1. The maximum atomic E-state index is 12.6. The number of nitrogens with one attached hydrogen (secondary N) is 3. The Bertz CT molecular complexity index is 1560. The number of aromatic amines is 1. The number of nitrogens with zero attached hydrogens (tertiary/aromatic N) is 4. The summed E-state index contributed by atoms with van der Waals surface area (Å²) < 4.78 is 35.6. The zero-order valence-corrected chi connectivity index (χ0v) is 19.5. The van der Waals surface area contributed by atoms with Gasteiger partial charge in [0.25, 0.3) is 0 Å². The Morgan fingerprint density at radius 3 is 2.68 bits per heavy atom. The Kier molecular flexibility index (Phi) is 5.63. The van der Waals surface area contributed by atoms with Gasteiger partial charge in [0.05, 0.1) is 21.7 Å². The number of H-pyrrole nitrogens is 1. The van der Waals surface area contributed by atoms with E-state index in [2.05, 4.69) is 30.3 Å². The maximum absolute atomic E-state index is 12.6. The Morgan fingerprint density at radius 1 is 1.12 bits per heavy atom. The molecule has 3 N–H and O–H groups in total. The van der Waals surface area contributed by atoms with E-state index in [4.69, 9.17) is 4.74 Å². The summed E-state index contributed by atoms with van der Waals surface area (Å²) in [7, 11) is -3.68. The standard InChI is InChI=1S/C21H19N7O4S2/c1-13-18(32-21(29)22-14-7-3-2-4-8-14)19-25-24-17(28(19)26-13)11-12-34(30,31)27-20-23-15-9-5-6-10-16(15)33-20/h2-10,26H,11-12H2,1H3,(H,22,29)(H,23,27). The minimum Gasteiger partial charge on any atom is -0.404 e. The van der Waals surface area contributed by atoms with Crippen molar-refractivity contribution >= 4 is 54.1 Å². The van der Waals surface area contributed by atoms with Gasteiger partial charge in [0, 0.05) is 12.1 Å². The molecule has 0 aliphatic carbocycles. The van der Waals surface area contributed by atoms with E-state index >= 15 is 0 Å². The molecule has 3 aromatic heterocycles. The highest BCUT2D eigenvalue weighted by Gasteiger charge is 2.21. The van der Waals surface area contributed by atoms with Gasteiger partial charge in [0.1, 0.15) is 0 Å². The van der Waals surface area contributed by atoms with Crippen LogP contribution in [0.4, 0.5) is 15.6 Å². The van der Waals surface area contributed by atoms with Crippen molar-refractivity contribution in [2.24, 2.45) is 0 Å². The van der Waals surface area contributed by atoms with Gasteiger partial charge < -0.3 is 4.74 Å². The van der Waals surface area contributed by atoms with Crippen molar-refractivity contribution in [2.75, 3.05) is 15.8 Å². The number of para-hydroxylation sites is 2. The van der Waals surface area contributed by atoms with Gasteiger partial charge in [-0.2, -0.15) is 0 Å². The first-order valence-electron chi connectivity index (χ1n) is 10.2. The van der Waals surface area contributed by atoms with Crippen LogP contribution in [0.3, 0.4) is 0 Å². The number of thiazole rings is 1. The summed E-state index contributed by atoms with van der Waals surface area (Å²) >= 11 is 1.27. The number of carbonyl (C=O) groups excluding carboxylic acids is 1. The molecule has 0 aliphatic heterocycles. The normalized spacial score (nSPS) is 11.7. The van der Waals surface area contributed by atoms with Crippen LogP contribution in [0, 0.1) is 6.92 Å². The van der Waals surface area contributed by atoms with Crippen LogP contribution in [0.15, 0.2) is 54.6 Å². The fourth-order valence-corrected chi connectivity index (χ4v) is 5.46. The molecule has 0 spiro atoms. The van der Waals surface area contributed by atoms with Crippen molar-refractivity contribution in [2.45, 2.75) is 13.3 Å². The van der Waals surface area contributed by atoms with Gasteiger partial charge >= 0.3 is 6.09 Å². The summed E-state index contributed by atoms with van der Waals surface area (Å²) in [5, 5.41) is 14.1. The Morgan fingerprint density at radius 2 is 1.88 bits per heavy atom. The number of fused-ring (bicyclic) bond motifs is 2. The minimum atomic E-state index is -3.68. The average Bonchev–Trinajstić information content (AvgIpc) is 3.47. The second-order valence-electron chi connectivity index (χ2n) is 7.38. The largest absolute Gasteiger partial charge is 0.417 e. The first-order valence-corrected chi connectivity index (χ1v) is 12.7. The SMILES string of the molecule is Cc1[nH]n2c(CCS(=O)(=O)Nc3nc4ccccc4s3)nnc2c1OC(=O)Nc1ccccc1. The second-order valence-corrected chi connectivity index (χ2v) is 10.3. The van der Waals surface area contributed by atoms with E-state index < -0.39 is 16.1 Å². The first-order chi connectivity index (χ1) is 16.4. The monoisotopic (exact) mass is 497 g/mol. The van der Waals surface area contributed by atoms with Crippen molar-refractivity contribution in [3.63, 3.8) is 0 Å². The summed E-state index contributed by atoms with van der Waals surface area (Å²) in [5.41, 5.74) is 2.15. The van der Waals surface area contributed by atoms with E-state index in [1.54, 1.807) is 31.2 Å². The predicted molar refractivity (Wildman–Crippen MR) is 129 cm³/mol. The fourth-order valence-electron chi connectivity index (χ4n) is 3.33. The van der Waals surface area contributed by atoms with Gasteiger partial charge in [0.2, 0.25) is 15.7 Å². The zero-order chi connectivity index (χ0) is 23.7. The van der Waals surface area contributed by atoms with E-state index in [9.17, 15) is 13.2 Å². The lowest BCUT2D eigenvalue weighted by Crippen LogP contribution is -2.19. The van der Waals surface area contributed by atoms with Crippen LogP contribution in [0.5, 0.6) is 5.75 Å². The number of hydrogen-bond donors (Lipinski definition) is 3. The highest BCUT2D eigenvalue weighted by molar-refractivity contribution is 7.92. The van der Waals surface area contributed by atoms with Crippen LogP contribution >= 0.6 is 11.3 Å². The van der Waals surface area contributed by atoms with Gasteiger partial charge in [-0.15, -0.1) is 10.2 Å². The zero-order valence-electron chi connectivity index (χ0n) is 17.8. The highest BCUT2D eigenvalue weighted by Crippen LogP contribution is 2.27. The number of sulfonamides is 1. The Hall–Kier alpha value is -3.97. The number of hydrogen-bond acceptors (Lipinski definition) is 8. The lowest BCUT2D eigenvalue weighted by atomic mass is 10.3. The van der Waals surface area contributed by atoms with Crippen molar-refractivity contribution in [1.82, 2.24) is 24.8 Å². The summed E-state index contributed by atoms with van der Waals surface area (Å²) in [6, 6.07) is 16.3. The van der Waals surface area contributed by atoms with Gasteiger partial charge in [-0.05, 0) is 31.2 Å². The van der Waals surface area contributed by atoms with Crippen LogP contribution in [0.1, 0.15) is 11.5 Å². The molecule has 0 atom stereocenters. The number of ether oxygens (including phenoxy) is 1. The van der Waals surface area contributed by atoms with E-state index in [0.717, 1.165) is 10.2 Å². The number of benzene rings is 2. The molecule has 0 aliphatic rings. The van der Waals surface area contributed by atoms with Gasteiger partial charge in [-0.25, -0.2) is 22.7 Å². The van der Waals surface area contributed by atoms with E-state index in [1.165, 1.54) is 15.9 Å². The average molecular weight is 498 g/mol. The van der Waals surface area contributed by atoms with Crippen molar-refractivity contribution in [3.05, 3.63) is 66.1 Å². The molecule has 0 fully saturated rings. The molecular formula is C21H19N7O4S2. The molecule has 0 radical (unpaired) electrons. The Labute approximate surface area is 197 Å². The quantitative estimate of drug-likeness (QED) is 0.312. The van der Waals surface area contributed by atoms with Crippen LogP contribution in [0.2, 0.25) is 0 Å². The summed E-state index contributed by atoms with van der Waals surface area (Å²) in [6.45, 7) is 1.72. The summed E-state index contributed by atoms with van der Waals surface area (Å²) in [5.74, 6) is 0.362. The fraction of sp³-hybridized carbons (Fsp3) is 0.143. The van der Waals surface area contributed by atoms with E-state index in [0.29, 0.717) is 22.3 Å². The van der Waals surface area contributed by atoms with Gasteiger partial charge in [-0.1, -0.05) is 41.7 Å². The number of rotatable bonds is 7. The summed E-state index contributed by atoms with van der Waals surface area (Å²) in [6.07, 6.45) is -0.597. The van der Waals surface area contributed by atoms with Gasteiger partial charge in [-0.3, -0.25) is 15.1 Å². The van der Waals surface area contributed by atoms with Crippen molar-refractivity contribution in [3.8, 4) is 5.75 Å². The molecule has 0 bridgehead atoms. The van der Waals surface area contributed by atoms with Crippen LogP contribution in [-0.2, 0) is 16.4 Å². The van der Waals surface area contributed by atoms with Crippen LogP contribution < -0.4 is 14.8 Å². The molecule has 34 heavy (non-hydrogen) atoms. The molecule has 0 saturated carbocycles. The molecule has 0 saturated heterocycles. The molecular weight excluding hydrogens is 478 g/mol. The third-order valence-corrected chi connectivity index (χ3v) is 7.23. The molecule has 2 aromatic carbocycles. The first kappa shape index (κ1) is 21.9. The molecule has 3 heterocycles. The smallest absolute Gasteiger partial charge is 0.404 e. The van der Waals surface area contributed by atoms with Gasteiger partial charge in [0.15, 0.2) is 16.7 Å². The highest BCUT2D eigenvalue weighted by atomic mass is 32.2. The third kappa shape index (κ3) is 4.56. The van der Waals surface area contributed by atoms with Crippen LogP contribution in [-0.4, -0.2) is 45.1 Å². The third-order valence-electron chi connectivity index (χ3n) is 4.90. The van der Waals surface area contributed by atoms with Crippen molar-refractivity contribution < 1.29 is 17.9 Å². The number of aryl methyl sites for hydroxylation is 2. The topological polar surface area (TPSA) is 143 Å². The number of anilines is 2. The number of carbonyl (C=O) groups is 1. The maximum Gasteiger partial charge on any atom is 0.417 e. The van der Waals surface area contributed by atoms with Crippen molar-refractivity contribution in [1.29, 1.82) is 0 Å². The molecule has 1 amide bonds. The molecule has 13 heteroatoms. The summed E-state index contributed by atoms with van der Waals surface area (Å²) in [4.78, 5) is 16.6. The predicted octanol–water partition coefficient (Wildman–Crippen LogP) is 3.57. The van der Waals surface area contributed by atoms with E-state index in [1.807, 2.05) is 30.3 Å². The lowest BCUT2D eigenvalue weighted by molar-refractivity contribution is 0.215. The molecule has 11 nitrogen and oxygen atoms in total. The molecule has 5 rings (SSSR count). The number of aromatic nitrogens is 5. The van der Waals surface area contributed by atoms with E-state index in [-0.39, 0.29) is 23.6 Å². The molecule has 5 aromatic rings. The second kappa shape index (κ2) is 8.76. The van der Waals surface area contributed by atoms with Crippen LogP contribution in [0.25, 0.3) is 15.9 Å². The molecule has 0 unspecified atom stereocenters. The Balaban J connectivity index is 1.27. The molecule has 174 valence electrons. The minimum absolute atomic E-state index is 0.0804. The lowest BCUT2D eigenvalue weighted by Gasteiger charge is -2.05.